The molecule has 27 heavy (non-hydrogen) atoms. The first-order chi connectivity index (χ1) is 13.0. The van der Waals surface area contributed by atoms with Crippen molar-refractivity contribution >= 4 is 17.7 Å². The van der Waals surface area contributed by atoms with Gasteiger partial charge in [-0.05, 0) is 38.0 Å². The number of rotatable bonds is 8. The molecule has 3 rings (SSSR count). The van der Waals surface area contributed by atoms with Gasteiger partial charge in [0.15, 0.2) is 6.29 Å². The van der Waals surface area contributed by atoms with Gasteiger partial charge in [-0.25, -0.2) is 0 Å². The van der Waals surface area contributed by atoms with Crippen LogP contribution in [-0.4, -0.2) is 54.8 Å². The molecule has 8 nitrogen and oxygen atoms in total. The molecule has 1 unspecified atom stereocenters. The standard InChI is InChI=1S/C19H24N2O6/c1-3-25-17(26-4-2)11-27-13-6-5-12-10-21(19(24)14(12)9-13)15-7-8-16(22)20-18(15)23/h5-6,9,15,17H,3-4,7-8,10-11H2,1-2H3,(H,20,22,23). The molecule has 2 aliphatic heterocycles. The van der Waals surface area contributed by atoms with Crippen molar-refractivity contribution in [3.05, 3.63) is 29.3 Å². The largest absolute Gasteiger partial charge is 0.488 e. The molecule has 0 saturated carbocycles. The molecule has 0 spiro atoms. The van der Waals surface area contributed by atoms with Gasteiger partial charge in [0.25, 0.3) is 5.91 Å². The molecule has 0 aliphatic carbocycles. The van der Waals surface area contributed by atoms with Gasteiger partial charge in [-0.3, -0.25) is 19.7 Å². The number of imide groups is 1. The van der Waals surface area contributed by atoms with Gasteiger partial charge in [-0.2, -0.15) is 0 Å². The number of hydrogen-bond donors (Lipinski definition) is 1. The Morgan fingerprint density at radius 3 is 2.59 bits per heavy atom. The van der Waals surface area contributed by atoms with E-state index < -0.39 is 18.2 Å². The third-order valence-electron chi connectivity index (χ3n) is 4.59. The van der Waals surface area contributed by atoms with E-state index in [0.717, 1.165) is 5.56 Å². The zero-order chi connectivity index (χ0) is 19.4. The SMILES string of the molecule is CCOC(COc1ccc2c(c1)C(=O)N(C1CCC(=O)NC1=O)C2)OCC. The molecular weight excluding hydrogens is 352 g/mol. The van der Waals surface area contributed by atoms with Crippen molar-refractivity contribution in [1.82, 2.24) is 10.2 Å². The van der Waals surface area contributed by atoms with Crippen molar-refractivity contribution in [3.8, 4) is 5.75 Å². The van der Waals surface area contributed by atoms with Gasteiger partial charge in [0, 0.05) is 31.7 Å². The zero-order valence-electron chi connectivity index (χ0n) is 15.5. The summed E-state index contributed by atoms with van der Waals surface area (Å²) in [7, 11) is 0. The molecule has 1 aromatic rings. The van der Waals surface area contributed by atoms with E-state index in [9.17, 15) is 14.4 Å². The van der Waals surface area contributed by atoms with Gasteiger partial charge in [0.05, 0.1) is 0 Å². The lowest BCUT2D eigenvalue weighted by molar-refractivity contribution is -0.152. The zero-order valence-corrected chi connectivity index (χ0v) is 15.5. The Bertz CT molecular complexity index is 729. The Hall–Kier alpha value is -2.45. The fraction of sp³-hybridized carbons (Fsp3) is 0.526. The highest BCUT2D eigenvalue weighted by Crippen LogP contribution is 2.30. The quantitative estimate of drug-likeness (QED) is 0.542. The van der Waals surface area contributed by atoms with E-state index >= 15 is 0 Å². The van der Waals surface area contributed by atoms with Crippen molar-refractivity contribution in [3.63, 3.8) is 0 Å². The number of nitrogens with one attached hydrogen (secondary N) is 1. The third-order valence-corrected chi connectivity index (χ3v) is 4.59. The van der Waals surface area contributed by atoms with Crippen LogP contribution in [0.1, 0.15) is 42.6 Å². The van der Waals surface area contributed by atoms with Gasteiger partial charge >= 0.3 is 0 Å². The average molecular weight is 376 g/mol. The smallest absolute Gasteiger partial charge is 0.255 e. The lowest BCUT2D eigenvalue weighted by Gasteiger charge is -2.29. The normalized spacial score (nSPS) is 19.4. The molecule has 0 bridgehead atoms. The first-order valence-corrected chi connectivity index (χ1v) is 9.17. The monoisotopic (exact) mass is 376 g/mol. The highest BCUT2D eigenvalue weighted by molar-refractivity contribution is 6.05. The number of hydrogen-bond acceptors (Lipinski definition) is 6. The molecule has 146 valence electrons. The number of piperidine rings is 1. The summed E-state index contributed by atoms with van der Waals surface area (Å²) in [6.07, 6.45) is 0.114. The van der Waals surface area contributed by atoms with Crippen LogP contribution in [0.25, 0.3) is 0 Å². The Labute approximate surface area is 157 Å². The topological polar surface area (TPSA) is 94.2 Å². The molecule has 0 aromatic heterocycles. The predicted molar refractivity (Wildman–Crippen MR) is 95.0 cm³/mol. The van der Waals surface area contributed by atoms with Crippen LogP contribution < -0.4 is 10.1 Å². The van der Waals surface area contributed by atoms with Crippen LogP contribution in [0.15, 0.2) is 18.2 Å². The maximum absolute atomic E-state index is 12.8. The summed E-state index contributed by atoms with van der Waals surface area (Å²) in [4.78, 5) is 37.7. The summed E-state index contributed by atoms with van der Waals surface area (Å²) < 4.78 is 16.6. The van der Waals surface area contributed by atoms with E-state index in [0.29, 0.717) is 37.5 Å². The minimum absolute atomic E-state index is 0.214. The Morgan fingerprint density at radius 1 is 1.19 bits per heavy atom. The Balaban J connectivity index is 1.67. The van der Waals surface area contributed by atoms with Crippen molar-refractivity contribution in [1.29, 1.82) is 0 Å². The van der Waals surface area contributed by atoms with E-state index in [4.69, 9.17) is 14.2 Å². The lowest BCUT2D eigenvalue weighted by atomic mass is 10.0. The summed E-state index contributed by atoms with van der Waals surface area (Å²) in [5, 5.41) is 2.30. The molecule has 1 saturated heterocycles. The summed E-state index contributed by atoms with van der Waals surface area (Å²) in [5.74, 6) is -0.401. The van der Waals surface area contributed by atoms with Crippen LogP contribution in [0.4, 0.5) is 0 Å². The van der Waals surface area contributed by atoms with E-state index in [2.05, 4.69) is 5.32 Å². The molecule has 1 fully saturated rings. The number of nitrogens with zero attached hydrogens (tertiary/aromatic N) is 1. The van der Waals surface area contributed by atoms with Crippen LogP contribution in [0.5, 0.6) is 5.75 Å². The van der Waals surface area contributed by atoms with E-state index in [1.807, 2.05) is 19.9 Å². The molecule has 1 aromatic carbocycles. The van der Waals surface area contributed by atoms with Crippen LogP contribution in [0.2, 0.25) is 0 Å². The molecule has 2 heterocycles. The van der Waals surface area contributed by atoms with Crippen molar-refractivity contribution in [2.75, 3.05) is 19.8 Å². The average Bonchev–Trinajstić information content (AvgIpc) is 2.96. The van der Waals surface area contributed by atoms with Crippen LogP contribution >= 0.6 is 0 Å². The molecule has 1 N–H and O–H groups in total. The van der Waals surface area contributed by atoms with Gasteiger partial charge in [-0.1, -0.05) is 6.07 Å². The second-order valence-corrected chi connectivity index (χ2v) is 6.37. The van der Waals surface area contributed by atoms with Crippen LogP contribution in [-0.2, 0) is 25.6 Å². The second-order valence-electron chi connectivity index (χ2n) is 6.37. The van der Waals surface area contributed by atoms with Crippen molar-refractivity contribution < 1.29 is 28.6 Å². The van der Waals surface area contributed by atoms with Crippen molar-refractivity contribution in [2.24, 2.45) is 0 Å². The second kappa shape index (κ2) is 8.49. The fourth-order valence-electron chi connectivity index (χ4n) is 3.30. The van der Waals surface area contributed by atoms with Crippen molar-refractivity contribution in [2.45, 2.75) is 45.6 Å². The minimum Gasteiger partial charge on any atom is -0.488 e. The predicted octanol–water partition coefficient (Wildman–Crippen LogP) is 1.23. The third kappa shape index (κ3) is 4.28. The number of amides is 3. The van der Waals surface area contributed by atoms with E-state index in [-0.39, 0.29) is 24.8 Å². The first kappa shape index (κ1) is 19.3. The number of carbonyl (C=O) groups excluding carboxylic acids is 3. The van der Waals surface area contributed by atoms with E-state index in [1.165, 1.54) is 4.90 Å². The van der Waals surface area contributed by atoms with Crippen LogP contribution in [0, 0.1) is 0 Å². The summed E-state index contributed by atoms with van der Waals surface area (Å²) in [6.45, 7) is 5.34. The summed E-state index contributed by atoms with van der Waals surface area (Å²) in [6, 6.07) is 4.67. The summed E-state index contributed by atoms with van der Waals surface area (Å²) >= 11 is 0. The maximum Gasteiger partial charge on any atom is 0.255 e. The van der Waals surface area contributed by atoms with E-state index in [1.54, 1.807) is 12.1 Å². The first-order valence-electron chi connectivity index (χ1n) is 9.17. The summed E-state index contributed by atoms with van der Waals surface area (Å²) in [5.41, 5.74) is 1.35. The molecular formula is C19H24N2O6. The van der Waals surface area contributed by atoms with Crippen LogP contribution in [0.3, 0.4) is 0 Å². The van der Waals surface area contributed by atoms with Gasteiger partial charge in [0.1, 0.15) is 18.4 Å². The Morgan fingerprint density at radius 2 is 1.93 bits per heavy atom. The molecule has 1 atom stereocenters. The number of ether oxygens (including phenoxy) is 3. The highest BCUT2D eigenvalue weighted by Gasteiger charge is 2.39. The maximum atomic E-state index is 12.8. The van der Waals surface area contributed by atoms with Gasteiger partial charge in [0.2, 0.25) is 11.8 Å². The molecule has 8 heteroatoms. The minimum atomic E-state index is -0.618. The number of fused-ring (bicyclic) bond motifs is 1. The van der Waals surface area contributed by atoms with Gasteiger partial charge < -0.3 is 19.1 Å². The van der Waals surface area contributed by atoms with Gasteiger partial charge in [-0.15, -0.1) is 0 Å². The molecule has 0 radical (unpaired) electrons. The highest BCUT2D eigenvalue weighted by atomic mass is 16.7. The molecule has 3 amide bonds. The molecule has 2 aliphatic rings. The lowest BCUT2D eigenvalue weighted by Crippen LogP contribution is -2.52. The fourth-order valence-corrected chi connectivity index (χ4v) is 3.30. The Kier molecular flexibility index (Phi) is 6.08. The number of carbonyl (C=O) groups is 3. The number of benzene rings is 1.